The van der Waals surface area contributed by atoms with Crippen molar-refractivity contribution < 1.29 is 4.79 Å². The molecule has 0 aliphatic carbocycles. The monoisotopic (exact) mass is 289 g/mol. The number of rotatable bonds is 2. The Hall–Kier alpha value is -0.660. The average Bonchev–Trinajstić information content (AvgIpc) is 2.03. The Labute approximate surface area is 89.8 Å². The molecule has 5 N–H and O–H groups in total. The minimum Gasteiger partial charge on any atom is -0.324 e. The molecule has 0 atom stereocenters. The van der Waals surface area contributed by atoms with Gasteiger partial charge in [0.05, 0.1) is 0 Å². The number of benzene rings is 1. The highest BCUT2D eigenvalue weighted by atomic mass is 125. The van der Waals surface area contributed by atoms with Gasteiger partial charge < -0.3 is 5.32 Å². The third-order valence-corrected chi connectivity index (χ3v) is 2.06. The Bertz CT molecular complexity index is 314. The van der Waals surface area contributed by atoms with Gasteiger partial charge in [-0.1, -0.05) is 6.07 Å². The van der Waals surface area contributed by atoms with E-state index in [-0.39, 0.29) is 5.91 Å². The van der Waals surface area contributed by atoms with Crippen LogP contribution < -0.4 is 16.8 Å². The lowest BCUT2D eigenvalue weighted by Gasteiger charge is -2.07. The molecule has 0 radical (unpaired) electrons. The molecule has 0 heterocycles. The van der Waals surface area contributed by atoms with E-state index in [4.69, 9.17) is 11.5 Å². The minimum atomic E-state index is -0.814. The number of hydrogen-bond acceptors (Lipinski definition) is 3. The Morgan fingerprint density at radius 2 is 2.15 bits per heavy atom. The van der Waals surface area contributed by atoms with Crippen molar-refractivity contribution in [1.29, 1.82) is 0 Å². The van der Waals surface area contributed by atoms with Crippen LogP contribution in [-0.4, -0.2) is 12.2 Å². The smallest absolute Gasteiger partial charge is 0.253 e. The van der Waals surface area contributed by atoms with Gasteiger partial charge in [-0.25, -0.2) is 0 Å². The molecule has 1 amide bonds. The van der Waals surface area contributed by atoms with Gasteiger partial charge in [0.25, 0.3) is 5.91 Å². The number of amides is 1. The number of carbonyl (C=O) groups is 1. The Kier molecular flexibility index (Phi) is 3.64. The molecule has 0 spiro atoms. The second kappa shape index (κ2) is 4.54. The van der Waals surface area contributed by atoms with Crippen LogP contribution in [0.25, 0.3) is 0 Å². The van der Waals surface area contributed by atoms with Gasteiger partial charge >= 0.3 is 0 Å². The zero-order chi connectivity index (χ0) is 9.84. The van der Waals surface area contributed by atoms with E-state index in [1.165, 1.54) is 0 Å². The molecule has 1 rings (SSSR count). The molecule has 0 aliphatic rings. The summed E-state index contributed by atoms with van der Waals surface area (Å²) < 4.78 is 0.996. The minimum absolute atomic E-state index is 0.256. The summed E-state index contributed by atoms with van der Waals surface area (Å²) in [7, 11) is 0. The molecule has 13 heavy (non-hydrogen) atoms. The third-order valence-electron chi connectivity index (χ3n) is 1.38. The molecule has 5 heteroatoms. The first kappa shape index (κ1) is 10.4. The summed E-state index contributed by atoms with van der Waals surface area (Å²) in [5.74, 6) is -0.256. The fourth-order valence-corrected chi connectivity index (χ4v) is 1.41. The van der Waals surface area contributed by atoms with E-state index < -0.39 is 6.29 Å². The fraction of sp³-hybridized carbons (Fsp3) is 0.125. The predicted molar refractivity (Wildman–Crippen MR) is 58.8 cm³/mol. The van der Waals surface area contributed by atoms with Gasteiger partial charge in [0.1, 0.15) is 6.29 Å². The molecular formula is C8H10IN3O. The first-order valence-corrected chi connectivity index (χ1v) is 4.75. The molecule has 1 aromatic carbocycles. The summed E-state index contributed by atoms with van der Waals surface area (Å²) >= 11 is 2.13. The van der Waals surface area contributed by atoms with Crippen LogP contribution in [0.15, 0.2) is 24.3 Å². The van der Waals surface area contributed by atoms with Crippen molar-refractivity contribution in [3.05, 3.63) is 33.4 Å². The van der Waals surface area contributed by atoms with Crippen molar-refractivity contribution in [3.8, 4) is 0 Å². The molecule has 1 aromatic rings. The van der Waals surface area contributed by atoms with E-state index in [0.29, 0.717) is 5.56 Å². The number of halogens is 1. The van der Waals surface area contributed by atoms with Crippen LogP contribution in [0.3, 0.4) is 0 Å². The summed E-state index contributed by atoms with van der Waals surface area (Å²) in [6.45, 7) is 0. The first-order valence-electron chi connectivity index (χ1n) is 3.67. The van der Waals surface area contributed by atoms with Crippen LogP contribution in [0.2, 0.25) is 0 Å². The van der Waals surface area contributed by atoms with Gasteiger partial charge in [-0.3, -0.25) is 16.3 Å². The molecule has 70 valence electrons. The van der Waals surface area contributed by atoms with Crippen LogP contribution in [0.1, 0.15) is 10.4 Å². The average molecular weight is 289 g/mol. The number of carbonyl (C=O) groups excluding carboxylic acids is 1. The highest BCUT2D eigenvalue weighted by molar-refractivity contribution is 14.1. The molecule has 0 bridgehead atoms. The maximum absolute atomic E-state index is 11.3. The van der Waals surface area contributed by atoms with Crippen molar-refractivity contribution in [2.24, 2.45) is 11.5 Å². The SMILES string of the molecule is NC(N)NC(=O)c1cccc([125I])c1. The van der Waals surface area contributed by atoms with Crippen LogP contribution >= 0.6 is 22.6 Å². The Morgan fingerprint density at radius 3 is 2.69 bits per heavy atom. The zero-order valence-electron chi connectivity index (χ0n) is 6.83. The normalized spacial score (nSPS) is 10.2. The summed E-state index contributed by atoms with van der Waals surface area (Å²) in [5.41, 5.74) is 11.0. The van der Waals surface area contributed by atoms with E-state index in [9.17, 15) is 4.79 Å². The maximum Gasteiger partial charge on any atom is 0.253 e. The zero-order valence-corrected chi connectivity index (χ0v) is 8.99. The number of nitrogens with one attached hydrogen (secondary N) is 1. The molecular weight excluding hydrogens is 279 g/mol. The van der Waals surface area contributed by atoms with Crippen LogP contribution in [-0.2, 0) is 0 Å². The predicted octanol–water partition coefficient (Wildman–Crippen LogP) is 0.222. The summed E-state index contributed by atoms with van der Waals surface area (Å²) in [4.78, 5) is 11.3. The molecule has 0 unspecified atom stereocenters. The van der Waals surface area contributed by atoms with E-state index in [1.807, 2.05) is 6.07 Å². The maximum atomic E-state index is 11.3. The van der Waals surface area contributed by atoms with Crippen LogP contribution in [0.4, 0.5) is 0 Å². The lowest BCUT2D eigenvalue weighted by Crippen LogP contribution is -2.48. The molecule has 0 aliphatic heterocycles. The molecule has 0 saturated heterocycles. The Morgan fingerprint density at radius 1 is 1.46 bits per heavy atom. The van der Waals surface area contributed by atoms with Crippen molar-refractivity contribution in [2.75, 3.05) is 0 Å². The van der Waals surface area contributed by atoms with Gasteiger partial charge in [-0.15, -0.1) is 0 Å². The number of nitrogens with two attached hydrogens (primary N) is 2. The Balaban J connectivity index is 2.77. The van der Waals surface area contributed by atoms with E-state index in [0.717, 1.165) is 3.57 Å². The van der Waals surface area contributed by atoms with Gasteiger partial charge in [0.15, 0.2) is 0 Å². The van der Waals surface area contributed by atoms with Crippen molar-refractivity contribution >= 4 is 28.5 Å². The van der Waals surface area contributed by atoms with Gasteiger partial charge in [-0.2, -0.15) is 0 Å². The molecule has 0 fully saturated rings. The molecule has 0 saturated carbocycles. The fourth-order valence-electron chi connectivity index (χ4n) is 0.864. The van der Waals surface area contributed by atoms with E-state index in [1.54, 1.807) is 18.2 Å². The quantitative estimate of drug-likeness (QED) is 0.538. The number of hydrogen-bond donors (Lipinski definition) is 3. The third kappa shape index (κ3) is 3.29. The summed E-state index contributed by atoms with van der Waals surface area (Å²) in [6, 6.07) is 7.18. The summed E-state index contributed by atoms with van der Waals surface area (Å²) in [6.07, 6.45) is -0.814. The van der Waals surface area contributed by atoms with Crippen molar-refractivity contribution in [1.82, 2.24) is 5.32 Å². The van der Waals surface area contributed by atoms with Gasteiger partial charge in [0.2, 0.25) is 0 Å². The van der Waals surface area contributed by atoms with Crippen LogP contribution in [0.5, 0.6) is 0 Å². The summed E-state index contributed by atoms with van der Waals surface area (Å²) in [5, 5.41) is 2.40. The topological polar surface area (TPSA) is 81.1 Å². The van der Waals surface area contributed by atoms with Gasteiger partial charge in [-0.05, 0) is 40.8 Å². The largest absolute Gasteiger partial charge is 0.324 e. The molecule has 4 nitrogen and oxygen atoms in total. The second-order valence-corrected chi connectivity index (χ2v) is 3.76. The van der Waals surface area contributed by atoms with E-state index >= 15 is 0 Å². The second-order valence-electron chi connectivity index (χ2n) is 2.51. The van der Waals surface area contributed by atoms with E-state index in [2.05, 4.69) is 27.9 Å². The lowest BCUT2D eigenvalue weighted by atomic mass is 10.2. The lowest BCUT2D eigenvalue weighted by molar-refractivity contribution is 0.0939. The molecule has 0 aromatic heterocycles. The highest BCUT2D eigenvalue weighted by Gasteiger charge is 2.06. The standard InChI is InChI=1S/C8H10IN3O/c9-6-3-1-2-5(4-6)7(13)12-8(10)11/h1-4,8H,10-11H2,(H,12,13)/i9-2. The highest BCUT2D eigenvalue weighted by Crippen LogP contribution is 2.07. The van der Waals surface area contributed by atoms with Crippen LogP contribution in [0, 0.1) is 3.57 Å². The van der Waals surface area contributed by atoms with Crippen molar-refractivity contribution in [2.45, 2.75) is 6.29 Å². The van der Waals surface area contributed by atoms with Crippen molar-refractivity contribution in [3.63, 3.8) is 0 Å². The first-order chi connectivity index (χ1) is 6.09. The van der Waals surface area contributed by atoms with Gasteiger partial charge in [0, 0.05) is 9.13 Å².